The van der Waals surface area contributed by atoms with Crippen LogP contribution in [0.1, 0.15) is 5.56 Å². The van der Waals surface area contributed by atoms with E-state index in [-0.39, 0.29) is 6.03 Å². The van der Waals surface area contributed by atoms with Gasteiger partial charge in [0.25, 0.3) is 0 Å². The molecular formula is C22H17N5OS. The van der Waals surface area contributed by atoms with Crippen molar-refractivity contribution >= 4 is 50.0 Å². The molecular weight excluding hydrogens is 382 g/mol. The first kappa shape index (κ1) is 17.4. The maximum Gasteiger partial charge on any atom is 0.323 e. The number of aromatic amines is 1. The van der Waals surface area contributed by atoms with Gasteiger partial charge in [-0.05, 0) is 67.1 Å². The topological polar surface area (TPSA) is 82.7 Å². The Morgan fingerprint density at radius 2 is 1.69 bits per heavy atom. The number of aryl methyl sites for hydroxylation is 1. The van der Waals surface area contributed by atoms with E-state index >= 15 is 0 Å². The summed E-state index contributed by atoms with van der Waals surface area (Å²) in [6.07, 6.45) is 1.63. The fourth-order valence-corrected chi connectivity index (χ4v) is 4.23. The third-order valence-electron chi connectivity index (χ3n) is 4.61. The normalized spacial score (nSPS) is 11.1. The minimum atomic E-state index is -0.299. The number of rotatable bonds is 3. The second-order valence-electron chi connectivity index (χ2n) is 6.78. The van der Waals surface area contributed by atoms with Crippen LogP contribution in [0, 0.1) is 6.92 Å². The number of imidazole rings is 1. The van der Waals surface area contributed by atoms with Crippen LogP contribution in [-0.2, 0) is 0 Å². The molecule has 7 heteroatoms. The smallest absolute Gasteiger partial charge is 0.323 e. The van der Waals surface area contributed by atoms with E-state index in [9.17, 15) is 4.79 Å². The lowest BCUT2D eigenvalue weighted by Gasteiger charge is -2.08. The molecule has 0 fully saturated rings. The van der Waals surface area contributed by atoms with Crippen LogP contribution in [0.3, 0.4) is 0 Å². The van der Waals surface area contributed by atoms with Crippen molar-refractivity contribution in [2.24, 2.45) is 0 Å². The number of hydrogen-bond donors (Lipinski definition) is 3. The molecule has 3 aromatic carbocycles. The number of benzene rings is 3. The maximum absolute atomic E-state index is 12.3. The highest BCUT2D eigenvalue weighted by molar-refractivity contribution is 7.21. The summed E-state index contributed by atoms with van der Waals surface area (Å²) < 4.78 is 1.18. The van der Waals surface area contributed by atoms with Gasteiger partial charge in [-0.1, -0.05) is 6.07 Å². The lowest BCUT2D eigenvalue weighted by molar-refractivity contribution is 0.262. The number of carbonyl (C=O) groups excluding carboxylic acids is 1. The van der Waals surface area contributed by atoms with Gasteiger partial charge in [0.1, 0.15) is 5.01 Å². The first-order valence-electron chi connectivity index (χ1n) is 9.13. The average Bonchev–Trinajstić information content (AvgIpc) is 3.34. The van der Waals surface area contributed by atoms with Crippen molar-refractivity contribution in [3.05, 3.63) is 72.6 Å². The molecule has 29 heavy (non-hydrogen) atoms. The molecule has 0 aliphatic rings. The Morgan fingerprint density at radius 1 is 0.931 bits per heavy atom. The zero-order valence-electron chi connectivity index (χ0n) is 15.6. The number of carbonyl (C=O) groups is 1. The molecule has 142 valence electrons. The molecule has 5 aromatic rings. The maximum atomic E-state index is 12.3. The van der Waals surface area contributed by atoms with Gasteiger partial charge in [0.05, 0.1) is 27.6 Å². The fourth-order valence-electron chi connectivity index (χ4n) is 3.16. The molecule has 0 spiro atoms. The minimum absolute atomic E-state index is 0.299. The van der Waals surface area contributed by atoms with E-state index < -0.39 is 0 Å². The second-order valence-corrected chi connectivity index (χ2v) is 7.81. The van der Waals surface area contributed by atoms with Crippen LogP contribution in [0.4, 0.5) is 16.2 Å². The van der Waals surface area contributed by atoms with Crippen LogP contribution in [0.25, 0.3) is 31.8 Å². The predicted octanol–water partition coefficient (Wildman–Crippen LogP) is 5.79. The van der Waals surface area contributed by atoms with Crippen molar-refractivity contribution in [3.63, 3.8) is 0 Å². The summed E-state index contributed by atoms with van der Waals surface area (Å²) in [6, 6.07) is 19.2. The Labute approximate surface area is 170 Å². The van der Waals surface area contributed by atoms with E-state index in [0.29, 0.717) is 11.4 Å². The van der Waals surface area contributed by atoms with Gasteiger partial charge >= 0.3 is 6.03 Å². The number of hydrogen-bond acceptors (Lipinski definition) is 4. The summed E-state index contributed by atoms with van der Waals surface area (Å²) in [5.74, 6) is 0. The van der Waals surface area contributed by atoms with Crippen LogP contribution in [-0.4, -0.2) is 21.0 Å². The third-order valence-corrected chi connectivity index (χ3v) is 5.68. The zero-order valence-corrected chi connectivity index (χ0v) is 16.4. The van der Waals surface area contributed by atoms with Gasteiger partial charge in [0, 0.05) is 16.9 Å². The zero-order chi connectivity index (χ0) is 19.8. The standard InChI is InChI=1S/C22H17N5OS/c1-13-2-8-18-20(10-13)29-21(27-18)14-3-5-15(6-4-14)25-22(28)26-16-7-9-17-19(11-16)24-12-23-17/h2-12H,1H3,(H,23,24)(H2,25,26,28). The number of amides is 2. The summed E-state index contributed by atoms with van der Waals surface area (Å²) in [6.45, 7) is 2.08. The molecule has 0 atom stereocenters. The van der Waals surface area contributed by atoms with E-state index in [1.807, 2.05) is 48.5 Å². The van der Waals surface area contributed by atoms with Gasteiger partial charge in [0.15, 0.2) is 0 Å². The quantitative estimate of drug-likeness (QED) is 0.359. The Bertz CT molecular complexity index is 1340. The number of nitrogens with zero attached hydrogens (tertiary/aromatic N) is 2. The molecule has 3 N–H and O–H groups in total. The molecule has 0 aliphatic heterocycles. The van der Waals surface area contributed by atoms with Crippen molar-refractivity contribution in [2.75, 3.05) is 10.6 Å². The Kier molecular flexibility index (Phi) is 4.22. The molecule has 0 saturated heterocycles. The van der Waals surface area contributed by atoms with E-state index in [1.54, 1.807) is 17.7 Å². The Morgan fingerprint density at radius 3 is 2.55 bits per heavy atom. The molecule has 0 aliphatic carbocycles. The molecule has 0 unspecified atom stereocenters. The first-order valence-corrected chi connectivity index (χ1v) is 9.94. The molecule has 6 nitrogen and oxygen atoms in total. The average molecular weight is 399 g/mol. The number of thiazole rings is 1. The highest BCUT2D eigenvalue weighted by Crippen LogP contribution is 2.31. The number of nitrogens with one attached hydrogen (secondary N) is 3. The predicted molar refractivity (Wildman–Crippen MR) is 119 cm³/mol. The van der Waals surface area contributed by atoms with Gasteiger partial charge in [-0.15, -0.1) is 11.3 Å². The van der Waals surface area contributed by atoms with E-state index in [2.05, 4.69) is 39.7 Å². The molecule has 0 bridgehead atoms. The van der Waals surface area contributed by atoms with Crippen LogP contribution in [0.15, 0.2) is 67.0 Å². The van der Waals surface area contributed by atoms with Gasteiger partial charge < -0.3 is 15.6 Å². The molecule has 0 radical (unpaired) electrons. The van der Waals surface area contributed by atoms with Crippen LogP contribution in [0.5, 0.6) is 0 Å². The summed E-state index contributed by atoms with van der Waals surface area (Å²) in [5.41, 5.74) is 6.40. The van der Waals surface area contributed by atoms with Gasteiger partial charge in [0.2, 0.25) is 0 Å². The summed E-state index contributed by atoms with van der Waals surface area (Å²) >= 11 is 1.67. The Hall–Kier alpha value is -3.71. The second kappa shape index (κ2) is 7.03. The van der Waals surface area contributed by atoms with Crippen LogP contribution >= 0.6 is 11.3 Å². The lowest BCUT2D eigenvalue weighted by atomic mass is 10.2. The largest absolute Gasteiger partial charge is 0.345 e. The number of H-pyrrole nitrogens is 1. The van der Waals surface area contributed by atoms with Gasteiger partial charge in [-0.3, -0.25) is 0 Å². The van der Waals surface area contributed by atoms with Crippen molar-refractivity contribution in [2.45, 2.75) is 6.92 Å². The van der Waals surface area contributed by atoms with E-state index in [0.717, 1.165) is 27.1 Å². The number of urea groups is 1. The van der Waals surface area contributed by atoms with Crippen LogP contribution < -0.4 is 10.6 Å². The molecule has 5 rings (SSSR count). The SMILES string of the molecule is Cc1ccc2nc(-c3ccc(NC(=O)Nc4ccc5nc[nH]c5c4)cc3)sc2c1. The molecule has 2 heterocycles. The highest BCUT2D eigenvalue weighted by Gasteiger charge is 2.08. The van der Waals surface area contributed by atoms with Gasteiger partial charge in [-0.25, -0.2) is 14.8 Å². The van der Waals surface area contributed by atoms with Crippen molar-refractivity contribution in [3.8, 4) is 10.6 Å². The number of aromatic nitrogens is 3. The van der Waals surface area contributed by atoms with Crippen molar-refractivity contribution in [1.82, 2.24) is 15.0 Å². The lowest BCUT2D eigenvalue weighted by Crippen LogP contribution is -2.19. The Balaban J connectivity index is 1.29. The summed E-state index contributed by atoms with van der Waals surface area (Å²) in [7, 11) is 0. The number of anilines is 2. The van der Waals surface area contributed by atoms with Crippen LogP contribution in [0.2, 0.25) is 0 Å². The van der Waals surface area contributed by atoms with E-state index in [4.69, 9.17) is 4.98 Å². The molecule has 0 saturated carbocycles. The van der Waals surface area contributed by atoms with Gasteiger partial charge in [-0.2, -0.15) is 0 Å². The summed E-state index contributed by atoms with van der Waals surface area (Å²) in [5, 5.41) is 6.65. The molecule has 2 aromatic heterocycles. The van der Waals surface area contributed by atoms with Crippen molar-refractivity contribution in [1.29, 1.82) is 0 Å². The summed E-state index contributed by atoms with van der Waals surface area (Å²) in [4.78, 5) is 24.2. The first-order chi connectivity index (χ1) is 14.1. The molecule has 2 amide bonds. The fraction of sp³-hybridized carbons (Fsp3) is 0.0455. The van der Waals surface area contributed by atoms with Crippen molar-refractivity contribution < 1.29 is 4.79 Å². The van der Waals surface area contributed by atoms with E-state index in [1.165, 1.54) is 10.3 Å². The monoisotopic (exact) mass is 399 g/mol. The minimum Gasteiger partial charge on any atom is -0.345 e. The highest BCUT2D eigenvalue weighted by atomic mass is 32.1. The number of fused-ring (bicyclic) bond motifs is 2. The third kappa shape index (κ3) is 3.55.